The van der Waals surface area contributed by atoms with Crippen molar-refractivity contribution in [1.82, 2.24) is 0 Å². The Kier molecular flexibility index (Phi) is 5.05. The van der Waals surface area contributed by atoms with Crippen LogP contribution in [-0.2, 0) is 26.0 Å². The molecule has 23 heavy (non-hydrogen) atoms. The fourth-order valence-electron chi connectivity index (χ4n) is 2.24. The first-order valence-corrected chi connectivity index (χ1v) is 8.99. The predicted molar refractivity (Wildman–Crippen MR) is 88.6 cm³/mol. The first-order valence-electron chi connectivity index (χ1n) is 7.09. The molecule has 0 saturated heterocycles. The van der Waals surface area contributed by atoms with Gasteiger partial charge in [-0.2, -0.15) is 0 Å². The summed E-state index contributed by atoms with van der Waals surface area (Å²) in [5, 5.41) is 0. The normalized spacial score (nSPS) is 12.6. The van der Waals surface area contributed by atoms with Crippen molar-refractivity contribution in [2.75, 3.05) is 12.0 Å². The maximum absolute atomic E-state index is 12.2. The molecule has 1 atom stereocenters. The van der Waals surface area contributed by atoms with Crippen LogP contribution in [0.5, 0.6) is 0 Å². The first kappa shape index (κ1) is 17.0. The second kappa shape index (κ2) is 6.83. The van der Waals surface area contributed by atoms with Crippen LogP contribution in [0.3, 0.4) is 0 Å². The highest BCUT2D eigenvalue weighted by atomic mass is 32.2. The molecule has 0 aliphatic rings. The van der Waals surface area contributed by atoms with Crippen molar-refractivity contribution >= 4 is 21.5 Å². The molecule has 2 aromatic carbocycles. The van der Waals surface area contributed by atoms with E-state index in [-0.39, 0.29) is 17.2 Å². The van der Waals surface area contributed by atoms with Gasteiger partial charge in [-0.25, -0.2) is 8.42 Å². The van der Waals surface area contributed by atoms with Gasteiger partial charge < -0.3 is 10.5 Å². The van der Waals surface area contributed by atoms with Crippen LogP contribution >= 0.6 is 0 Å². The van der Waals surface area contributed by atoms with Gasteiger partial charge in [0.15, 0.2) is 9.84 Å². The fourth-order valence-corrected chi connectivity index (χ4v) is 3.09. The SMILES string of the molecule is C[C@H](C(=O)OCc1ccccc1)c1cccc(S(C)(=O)=O)c1N. The zero-order valence-electron chi connectivity index (χ0n) is 13.0. The van der Waals surface area contributed by atoms with Crippen LogP contribution in [-0.4, -0.2) is 20.6 Å². The topological polar surface area (TPSA) is 86.5 Å². The molecule has 0 fully saturated rings. The lowest BCUT2D eigenvalue weighted by molar-refractivity contribution is -0.146. The molecule has 0 heterocycles. The summed E-state index contributed by atoms with van der Waals surface area (Å²) in [4.78, 5) is 12.2. The van der Waals surface area contributed by atoms with E-state index in [1.165, 1.54) is 6.07 Å². The van der Waals surface area contributed by atoms with Crippen molar-refractivity contribution in [3.63, 3.8) is 0 Å². The minimum atomic E-state index is -3.45. The van der Waals surface area contributed by atoms with E-state index in [0.717, 1.165) is 11.8 Å². The number of benzene rings is 2. The van der Waals surface area contributed by atoms with Gasteiger partial charge in [-0.3, -0.25) is 4.79 Å². The summed E-state index contributed by atoms with van der Waals surface area (Å²) in [6.45, 7) is 1.81. The predicted octanol–water partition coefficient (Wildman–Crippen LogP) is 2.52. The number of ether oxygens (including phenoxy) is 1. The number of carbonyl (C=O) groups excluding carboxylic acids is 1. The first-order chi connectivity index (χ1) is 10.8. The lowest BCUT2D eigenvalue weighted by Gasteiger charge is -2.15. The molecule has 6 heteroatoms. The number of hydrogen-bond donors (Lipinski definition) is 1. The summed E-state index contributed by atoms with van der Waals surface area (Å²) in [6, 6.07) is 14.0. The van der Waals surface area contributed by atoms with Gasteiger partial charge in [0.25, 0.3) is 0 Å². The molecule has 0 aliphatic carbocycles. The Morgan fingerprint density at radius 1 is 1.13 bits per heavy atom. The standard InChI is InChI=1S/C17H19NO4S/c1-12(17(19)22-11-13-7-4-3-5-8-13)14-9-6-10-15(16(14)18)23(2,20)21/h3-10,12H,11,18H2,1-2H3/t12-/m0/s1. The lowest BCUT2D eigenvalue weighted by Crippen LogP contribution is -2.16. The van der Waals surface area contributed by atoms with E-state index in [1.807, 2.05) is 30.3 Å². The maximum atomic E-state index is 12.2. The third kappa shape index (κ3) is 4.10. The summed E-state index contributed by atoms with van der Waals surface area (Å²) in [6.07, 6.45) is 1.08. The number of nitrogens with two attached hydrogens (primary N) is 1. The Balaban J connectivity index is 2.17. The van der Waals surface area contributed by atoms with Crippen molar-refractivity contribution in [1.29, 1.82) is 0 Å². The molecule has 2 N–H and O–H groups in total. The average molecular weight is 333 g/mol. The molecule has 0 bridgehead atoms. The minimum Gasteiger partial charge on any atom is -0.460 e. The Morgan fingerprint density at radius 2 is 1.78 bits per heavy atom. The number of sulfone groups is 1. The van der Waals surface area contributed by atoms with Crippen molar-refractivity contribution in [3.8, 4) is 0 Å². The van der Waals surface area contributed by atoms with Crippen LogP contribution in [0, 0.1) is 0 Å². The largest absolute Gasteiger partial charge is 0.460 e. The van der Waals surface area contributed by atoms with Gasteiger partial charge >= 0.3 is 5.97 Å². The van der Waals surface area contributed by atoms with E-state index in [2.05, 4.69) is 0 Å². The van der Waals surface area contributed by atoms with Crippen molar-refractivity contribution < 1.29 is 17.9 Å². The molecule has 0 aromatic heterocycles. The third-order valence-corrected chi connectivity index (χ3v) is 4.70. The Hall–Kier alpha value is -2.34. The van der Waals surface area contributed by atoms with E-state index in [0.29, 0.717) is 5.56 Å². The number of nitrogen functional groups attached to an aromatic ring is 1. The van der Waals surface area contributed by atoms with Crippen LogP contribution in [0.25, 0.3) is 0 Å². The molecule has 2 aromatic rings. The number of anilines is 1. The van der Waals surface area contributed by atoms with Crippen LogP contribution in [0.1, 0.15) is 24.0 Å². The second-order valence-corrected chi connectivity index (χ2v) is 7.33. The van der Waals surface area contributed by atoms with Gasteiger partial charge in [0, 0.05) is 6.26 Å². The van der Waals surface area contributed by atoms with Crippen LogP contribution in [0.15, 0.2) is 53.4 Å². The summed E-state index contributed by atoms with van der Waals surface area (Å²) < 4.78 is 28.7. The Labute approximate surface area is 136 Å². The summed E-state index contributed by atoms with van der Waals surface area (Å²) in [5.74, 6) is -1.10. The van der Waals surface area contributed by atoms with E-state index in [9.17, 15) is 13.2 Å². The molecule has 5 nitrogen and oxygen atoms in total. The molecule has 0 radical (unpaired) electrons. The number of para-hydroxylation sites is 1. The molecular weight excluding hydrogens is 314 g/mol. The zero-order valence-corrected chi connectivity index (χ0v) is 13.8. The summed E-state index contributed by atoms with van der Waals surface area (Å²) >= 11 is 0. The number of hydrogen-bond acceptors (Lipinski definition) is 5. The molecule has 0 saturated carbocycles. The van der Waals surface area contributed by atoms with E-state index in [1.54, 1.807) is 19.1 Å². The quantitative estimate of drug-likeness (QED) is 0.671. The summed E-state index contributed by atoms with van der Waals surface area (Å²) in [5.41, 5.74) is 7.36. The zero-order chi connectivity index (χ0) is 17.0. The van der Waals surface area contributed by atoms with Crippen LogP contribution < -0.4 is 5.73 Å². The van der Waals surface area contributed by atoms with Gasteiger partial charge in [-0.15, -0.1) is 0 Å². The van der Waals surface area contributed by atoms with Crippen molar-refractivity contribution in [3.05, 3.63) is 59.7 Å². The van der Waals surface area contributed by atoms with Crippen molar-refractivity contribution in [2.45, 2.75) is 24.3 Å². The number of rotatable bonds is 5. The van der Waals surface area contributed by atoms with Crippen LogP contribution in [0.2, 0.25) is 0 Å². The monoisotopic (exact) mass is 333 g/mol. The van der Waals surface area contributed by atoms with Gasteiger partial charge in [0.2, 0.25) is 0 Å². The minimum absolute atomic E-state index is 0.0257. The number of carbonyl (C=O) groups is 1. The van der Waals surface area contributed by atoms with E-state index in [4.69, 9.17) is 10.5 Å². The molecule has 122 valence electrons. The molecule has 0 unspecified atom stereocenters. The smallest absolute Gasteiger partial charge is 0.313 e. The van der Waals surface area contributed by atoms with Gasteiger partial charge in [0.1, 0.15) is 6.61 Å². The van der Waals surface area contributed by atoms with Gasteiger partial charge in [-0.1, -0.05) is 42.5 Å². The van der Waals surface area contributed by atoms with Gasteiger partial charge in [-0.05, 0) is 24.1 Å². The highest BCUT2D eigenvalue weighted by Crippen LogP contribution is 2.29. The molecular formula is C17H19NO4S. The Morgan fingerprint density at radius 3 is 2.39 bits per heavy atom. The highest BCUT2D eigenvalue weighted by molar-refractivity contribution is 7.90. The van der Waals surface area contributed by atoms with Gasteiger partial charge in [0.05, 0.1) is 16.5 Å². The summed E-state index contributed by atoms with van der Waals surface area (Å²) in [7, 11) is -3.45. The molecule has 0 aliphatic heterocycles. The second-order valence-electron chi connectivity index (χ2n) is 5.35. The lowest BCUT2D eigenvalue weighted by atomic mass is 9.99. The highest BCUT2D eigenvalue weighted by Gasteiger charge is 2.23. The van der Waals surface area contributed by atoms with E-state index >= 15 is 0 Å². The average Bonchev–Trinajstić information content (AvgIpc) is 2.52. The third-order valence-electron chi connectivity index (χ3n) is 3.54. The molecule has 2 rings (SSSR count). The Bertz CT molecular complexity index is 801. The number of esters is 1. The van der Waals surface area contributed by atoms with E-state index < -0.39 is 21.7 Å². The van der Waals surface area contributed by atoms with Crippen molar-refractivity contribution in [2.24, 2.45) is 0 Å². The van der Waals surface area contributed by atoms with Crippen LogP contribution in [0.4, 0.5) is 5.69 Å². The fraction of sp³-hybridized carbons (Fsp3) is 0.235. The maximum Gasteiger partial charge on any atom is 0.313 e. The molecule has 0 spiro atoms. The molecule has 0 amide bonds.